The third-order valence-corrected chi connectivity index (χ3v) is 5.62. The molecule has 0 aliphatic heterocycles. The van der Waals surface area contributed by atoms with Crippen LogP contribution in [0.4, 0.5) is 5.69 Å². The zero-order valence-corrected chi connectivity index (χ0v) is 15.4. The average molecular weight is 374 g/mol. The van der Waals surface area contributed by atoms with E-state index in [2.05, 4.69) is 10.4 Å². The van der Waals surface area contributed by atoms with Gasteiger partial charge in [0.25, 0.3) is 0 Å². The van der Waals surface area contributed by atoms with E-state index < -0.39 is 0 Å². The fraction of sp³-hybridized carbons (Fsp3) is 0.118. The predicted molar refractivity (Wildman–Crippen MR) is 103 cm³/mol. The Labute approximate surface area is 153 Å². The zero-order chi connectivity index (χ0) is 16.9. The van der Waals surface area contributed by atoms with E-state index in [-0.39, 0.29) is 5.91 Å². The molecule has 0 atom stereocenters. The van der Waals surface area contributed by atoms with E-state index >= 15 is 0 Å². The van der Waals surface area contributed by atoms with Gasteiger partial charge in [-0.05, 0) is 42.9 Å². The van der Waals surface area contributed by atoms with Crippen molar-refractivity contribution in [1.82, 2.24) is 9.78 Å². The monoisotopic (exact) mass is 373 g/mol. The van der Waals surface area contributed by atoms with Crippen LogP contribution in [0, 0.1) is 10.9 Å². The second-order valence-corrected chi connectivity index (χ2v) is 7.88. The molecule has 0 spiro atoms. The highest BCUT2D eigenvalue weighted by Gasteiger charge is 2.10. The number of amides is 1. The number of aryl methyl sites for hydroxylation is 1. The minimum atomic E-state index is -0.0604. The number of para-hydroxylation sites is 2. The number of hydrogen-bond acceptors (Lipinski definition) is 5. The fourth-order valence-corrected chi connectivity index (χ4v) is 4.27. The predicted octanol–water partition coefficient (Wildman–Crippen LogP) is 4.70. The van der Waals surface area contributed by atoms with E-state index in [1.54, 1.807) is 4.68 Å². The zero-order valence-electron chi connectivity index (χ0n) is 12.9. The molecule has 0 saturated heterocycles. The highest BCUT2D eigenvalue weighted by Crippen LogP contribution is 2.25. The van der Waals surface area contributed by atoms with E-state index in [9.17, 15) is 4.79 Å². The molecule has 3 aromatic rings. The molecule has 4 nitrogen and oxygen atoms in total. The second kappa shape index (κ2) is 7.74. The van der Waals surface area contributed by atoms with Gasteiger partial charge in [-0.3, -0.25) is 4.79 Å². The third kappa shape index (κ3) is 4.11. The van der Waals surface area contributed by atoms with Crippen molar-refractivity contribution in [2.45, 2.75) is 11.3 Å². The Hall–Kier alpha value is -1.96. The van der Waals surface area contributed by atoms with Crippen molar-refractivity contribution >= 4 is 46.9 Å². The van der Waals surface area contributed by atoms with Gasteiger partial charge in [-0.15, -0.1) is 5.10 Å². The van der Waals surface area contributed by atoms with Gasteiger partial charge < -0.3 is 5.32 Å². The first-order chi connectivity index (χ1) is 11.6. The quantitative estimate of drug-likeness (QED) is 0.520. The molecule has 0 saturated carbocycles. The molecule has 24 heavy (non-hydrogen) atoms. The number of nitrogens with one attached hydrogen (secondary N) is 1. The van der Waals surface area contributed by atoms with Gasteiger partial charge in [-0.2, -0.15) is 0 Å². The normalized spacial score (nSPS) is 10.5. The number of anilines is 1. The van der Waals surface area contributed by atoms with Gasteiger partial charge in [0, 0.05) is 5.69 Å². The molecule has 0 bridgehead atoms. The van der Waals surface area contributed by atoms with Crippen LogP contribution < -0.4 is 5.32 Å². The molecule has 1 N–H and O–H groups in total. The summed E-state index contributed by atoms with van der Waals surface area (Å²) in [6, 6.07) is 17.4. The van der Waals surface area contributed by atoms with Gasteiger partial charge in [0.1, 0.15) is 0 Å². The number of thioether (sulfide) groups is 1. The summed E-state index contributed by atoms with van der Waals surface area (Å²) in [6.45, 7) is 2.02. The van der Waals surface area contributed by atoms with Crippen molar-refractivity contribution in [3.05, 3.63) is 64.1 Å². The van der Waals surface area contributed by atoms with Crippen molar-refractivity contribution < 1.29 is 4.79 Å². The van der Waals surface area contributed by atoms with Crippen LogP contribution in [0.5, 0.6) is 0 Å². The molecule has 0 unspecified atom stereocenters. The summed E-state index contributed by atoms with van der Waals surface area (Å²) < 4.78 is 3.22. The Kier molecular flexibility index (Phi) is 5.44. The number of carbonyl (C=O) groups excluding carboxylic acids is 1. The minimum absolute atomic E-state index is 0.0604. The lowest BCUT2D eigenvalue weighted by Crippen LogP contribution is -2.13. The van der Waals surface area contributed by atoms with E-state index in [4.69, 9.17) is 12.2 Å². The van der Waals surface area contributed by atoms with Crippen LogP contribution in [-0.2, 0) is 4.79 Å². The van der Waals surface area contributed by atoms with Crippen LogP contribution in [0.25, 0.3) is 5.69 Å². The smallest absolute Gasteiger partial charge is 0.234 e. The number of aromatic nitrogens is 2. The standard InChI is InChI=1S/C17H15N3OS3/c1-12-7-5-6-10-14(12)20-17(22)24-16(19-20)23-11-15(21)18-13-8-3-2-4-9-13/h2-10H,11H2,1H3,(H,18,21). The highest BCUT2D eigenvalue weighted by molar-refractivity contribution is 8.01. The summed E-state index contributed by atoms with van der Waals surface area (Å²) in [4.78, 5) is 12.0. The molecule has 2 aromatic carbocycles. The van der Waals surface area contributed by atoms with Crippen LogP contribution in [0.15, 0.2) is 58.9 Å². The van der Waals surface area contributed by atoms with Gasteiger partial charge in [0.05, 0.1) is 11.4 Å². The first-order valence-corrected chi connectivity index (χ1v) is 9.48. The molecule has 0 aliphatic rings. The lowest BCUT2D eigenvalue weighted by atomic mass is 10.2. The van der Waals surface area contributed by atoms with E-state index in [0.29, 0.717) is 9.71 Å². The van der Waals surface area contributed by atoms with Crippen molar-refractivity contribution in [2.75, 3.05) is 11.1 Å². The largest absolute Gasteiger partial charge is 0.325 e. The SMILES string of the molecule is Cc1ccccc1-n1nc(SCC(=O)Nc2ccccc2)sc1=S. The van der Waals surface area contributed by atoms with Crippen molar-refractivity contribution in [3.8, 4) is 5.69 Å². The summed E-state index contributed by atoms with van der Waals surface area (Å²) in [7, 11) is 0. The molecule has 0 aliphatic carbocycles. The number of benzene rings is 2. The number of carbonyl (C=O) groups is 1. The van der Waals surface area contributed by atoms with Crippen LogP contribution in [0.1, 0.15) is 5.56 Å². The summed E-state index contributed by atoms with van der Waals surface area (Å²) >= 11 is 8.21. The lowest BCUT2D eigenvalue weighted by Gasteiger charge is -2.04. The summed E-state index contributed by atoms with van der Waals surface area (Å²) in [5.74, 6) is 0.236. The van der Waals surface area contributed by atoms with Gasteiger partial charge in [-0.1, -0.05) is 59.5 Å². The molecular weight excluding hydrogens is 358 g/mol. The van der Waals surface area contributed by atoms with E-state index in [1.165, 1.54) is 23.1 Å². The van der Waals surface area contributed by atoms with Gasteiger partial charge >= 0.3 is 0 Å². The molecule has 122 valence electrons. The van der Waals surface area contributed by atoms with Crippen LogP contribution >= 0.6 is 35.3 Å². The Morgan fingerprint density at radius 1 is 1.21 bits per heavy atom. The summed E-state index contributed by atoms with van der Waals surface area (Å²) in [5, 5.41) is 7.39. The maximum absolute atomic E-state index is 12.0. The molecule has 0 fully saturated rings. The number of rotatable bonds is 5. The maximum Gasteiger partial charge on any atom is 0.234 e. The first kappa shape index (κ1) is 16.9. The molecular formula is C17H15N3OS3. The van der Waals surface area contributed by atoms with E-state index in [0.717, 1.165) is 21.3 Å². The number of nitrogens with zero attached hydrogens (tertiary/aromatic N) is 2. The van der Waals surface area contributed by atoms with Crippen molar-refractivity contribution in [2.24, 2.45) is 0 Å². The molecule has 1 aromatic heterocycles. The Morgan fingerprint density at radius 2 is 1.92 bits per heavy atom. The van der Waals surface area contributed by atoms with Gasteiger partial charge in [0.2, 0.25) is 5.91 Å². The molecule has 1 heterocycles. The van der Waals surface area contributed by atoms with E-state index in [1.807, 2.05) is 61.5 Å². The topological polar surface area (TPSA) is 46.9 Å². The molecule has 0 radical (unpaired) electrons. The summed E-state index contributed by atoms with van der Waals surface area (Å²) in [5.41, 5.74) is 2.87. The minimum Gasteiger partial charge on any atom is -0.325 e. The highest BCUT2D eigenvalue weighted by atomic mass is 32.2. The Balaban J connectivity index is 1.67. The average Bonchev–Trinajstić information content (AvgIpc) is 2.95. The second-order valence-electron chi connectivity index (χ2n) is 5.04. The van der Waals surface area contributed by atoms with Crippen LogP contribution in [0.3, 0.4) is 0 Å². The molecule has 1 amide bonds. The maximum atomic E-state index is 12.0. The first-order valence-electron chi connectivity index (χ1n) is 7.27. The van der Waals surface area contributed by atoms with Crippen LogP contribution in [-0.4, -0.2) is 21.4 Å². The number of hydrogen-bond donors (Lipinski definition) is 1. The Bertz CT molecular complexity index is 903. The molecule has 3 rings (SSSR count). The van der Waals surface area contributed by atoms with Gasteiger partial charge in [-0.25, -0.2) is 4.68 Å². The van der Waals surface area contributed by atoms with Crippen molar-refractivity contribution in [1.29, 1.82) is 0 Å². The van der Waals surface area contributed by atoms with Gasteiger partial charge in [0.15, 0.2) is 8.29 Å². The van der Waals surface area contributed by atoms with Crippen LogP contribution in [0.2, 0.25) is 0 Å². The van der Waals surface area contributed by atoms with Crippen molar-refractivity contribution in [3.63, 3.8) is 0 Å². The lowest BCUT2D eigenvalue weighted by molar-refractivity contribution is -0.113. The fourth-order valence-electron chi connectivity index (χ4n) is 2.12. The summed E-state index contributed by atoms with van der Waals surface area (Å²) in [6.07, 6.45) is 0. The molecule has 7 heteroatoms. The Morgan fingerprint density at radius 3 is 2.67 bits per heavy atom. The third-order valence-electron chi connectivity index (χ3n) is 3.26.